The van der Waals surface area contributed by atoms with Crippen molar-refractivity contribution in [1.82, 2.24) is 20.2 Å². The first-order chi connectivity index (χ1) is 10.5. The molecular formula is C15H27Cl2N5O2. The van der Waals surface area contributed by atoms with Gasteiger partial charge in [-0.1, -0.05) is 13.8 Å². The lowest BCUT2D eigenvalue weighted by Crippen LogP contribution is -2.49. The van der Waals surface area contributed by atoms with Crippen molar-refractivity contribution >= 4 is 36.6 Å². The van der Waals surface area contributed by atoms with Crippen molar-refractivity contribution in [2.75, 3.05) is 19.6 Å². The number of carbonyl (C=O) groups excluding carboxylic acids is 2. The predicted molar refractivity (Wildman–Crippen MR) is 97.5 cm³/mol. The Morgan fingerprint density at radius 1 is 1.38 bits per heavy atom. The zero-order chi connectivity index (χ0) is 16.1. The number of H-pyrrole nitrogens is 1. The fraction of sp³-hybridized carbons (Fsp3) is 0.667. The fourth-order valence-corrected chi connectivity index (χ4v) is 2.60. The number of likely N-dealkylation sites (tertiary alicyclic amines) is 1. The smallest absolute Gasteiger partial charge is 0.241 e. The van der Waals surface area contributed by atoms with E-state index < -0.39 is 6.04 Å². The van der Waals surface area contributed by atoms with Gasteiger partial charge in [-0.2, -0.15) is 0 Å². The highest BCUT2D eigenvalue weighted by Gasteiger charge is 2.25. The molecule has 0 spiro atoms. The normalized spacial score (nSPS) is 16.1. The van der Waals surface area contributed by atoms with Crippen LogP contribution < -0.4 is 11.1 Å². The number of nitrogens with one attached hydrogen (secondary N) is 2. The molecule has 2 rings (SSSR count). The van der Waals surface area contributed by atoms with Crippen molar-refractivity contribution in [2.24, 2.45) is 11.7 Å². The van der Waals surface area contributed by atoms with E-state index in [2.05, 4.69) is 15.3 Å². The molecule has 1 aliphatic rings. The number of carbonyl (C=O) groups is 2. The highest BCUT2D eigenvalue weighted by atomic mass is 35.5. The molecule has 0 saturated carbocycles. The highest BCUT2D eigenvalue weighted by molar-refractivity contribution is 5.87. The van der Waals surface area contributed by atoms with Crippen LogP contribution in [0.15, 0.2) is 12.4 Å². The van der Waals surface area contributed by atoms with Gasteiger partial charge in [0.2, 0.25) is 11.8 Å². The predicted octanol–water partition coefficient (Wildman–Crippen LogP) is 1.06. The standard InChI is InChI=1S/C15H25N5O2.2ClH/c1-10(2)13(16)15(22)19-9-12(21)20-7-3-11(4-8-20)14-17-5-6-18-14;;/h5-6,10-11,13H,3-4,7-9,16H2,1-2H3,(H,17,18)(H,19,22);2*1H/t13-;;/m0../s1. The molecule has 1 fully saturated rings. The Hall–Kier alpha value is -1.31. The van der Waals surface area contributed by atoms with E-state index in [0.29, 0.717) is 19.0 Å². The van der Waals surface area contributed by atoms with Crippen LogP contribution in [0.5, 0.6) is 0 Å². The molecule has 1 aromatic rings. The molecule has 2 amide bonds. The lowest BCUT2D eigenvalue weighted by Gasteiger charge is -2.31. The molecule has 4 N–H and O–H groups in total. The summed E-state index contributed by atoms with van der Waals surface area (Å²) in [7, 11) is 0. The molecule has 1 atom stereocenters. The van der Waals surface area contributed by atoms with E-state index in [0.717, 1.165) is 18.7 Å². The van der Waals surface area contributed by atoms with Gasteiger partial charge >= 0.3 is 0 Å². The second-order valence-corrected chi connectivity index (χ2v) is 6.12. The molecular weight excluding hydrogens is 353 g/mol. The summed E-state index contributed by atoms with van der Waals surface area (Å²) in [5.74, 6) is 1.10. The molecule has 9 heteroatoms. The van der Waals surface area contributed by atoms with Crippen LogP contribution in [0, 0.1) is 5.92 Å². The molecule has 1 saturated heterocycles. The summed E-state index contributed by atoms with van der Waals surface area (Å²) in [5.41, 5.74) is 5.75. The summed E-state index contributed by atoms with van der Waals surface area (Å²) in [4.78, 5) is 33.1. The Labute approximate surface area is 155 Å². The molecule has 138 valence electrons. The summed E-state index contributed by atoms with van der Waals surface area (Å²) < 4.78 is 0. The van der Waals surface area contributed by atoms with Crippen LogP contribution in [0.1, 0.15) is 38.4 Å². The number of nitrogens with two attached hydrogens (primary N) is 1. The zero-order valence-corrected chi connectivity index (χ0v) is 15.7. The van der Waals surface area contributed by atoms with Crippen LogP contribution >= 0.6 is 24.8 Å². The second-order valence-electron chi connectivity index (χ2n) is 6.12. The maximum atomic E-state index is 12.1. The number of rotatable bonds is 5. The van der Waals surface area contributed by atoms with Crippen molar-refractivity contribution in [2.45, 2.75) is 38.6 Å². The van der Waals surface area contributed by atoms with Crippen LogP contribution in [0.25, 0.3) is 0 Å². The van der Waals surface area contributed by atoms with E-state index in [9.17, 15) is 9.59 Å². The lowest BCUT2D eigenvalue weighted by molar-refractivity contribution is -0.134. The van der Waals surface area contributed by atoms with Crippen LogP contribution in [-0.2, 0) is 9.59 Å². The van der Waals surface area contributed by atoms with Crippen LogP contribution in [0.3, 0.4) is 0 Å². The van der Waals surface area contributed by atoms with E-state index in [4.69, 9.17) is 5.73 Å². The van der Waals surface area contributed by atoms with Crippen molar-refractivity contribution in [3.05, 3.63) is 18.2 Å². The maximum absolute atomic E-state index is 12.1. The number of aromatic nitrogens is 2. The monoisotopic (exact) mass is 379 g/mol. The SMILES string of the molecule is CC(C)[C@H](N)C(=O)NCC(=O)N1CCC(c2ncc[nH]2)CC1.Cl.Cl. The minimum Gasteiger partial charge on any atom is -0.348 e. The van der Waals surface area contributed by atoms with E-state index in [1.807, 2.05) is 20.0 Å². The molecule has 0 unspecified atom stereocenters. The second kappa shape index (κ2) is 10.5. The summed E-state index contributed by atoms with van der Waals surface area (Å²) in [6, 6.07) is -0.572. The summed E-state index contributed by atoms with van der Waals surface area (Å²) >= 11 is 0. The molecule has 1 aromatic heterocycles. The van der Waals surface area contributed by atoms with Gasteiger partial charge in [-0.25, -0.2) is 4.98 Å². The molecule has 2 heterocycles. The summed E-state index contributed by atoms with van der Waals surface area (Å²) in [5, 5.41) is 2.63. The number of amides is 2. The largest absolute Gasteiger partial charge is 0.348 e. The van der Waals surface area contributed by atoms with Gasteiger partial charge < -0.3 is 20.9 Å². The third-order valence-corrected chi connectivity index (χ3v) is 4.19. The quantitative estimate of drug-likeness (QED) is 0.711. The van der Waals surface area contributed by atoms with Crippen LogP contribution in [-0.4, -0.2) is 52.4 Å². The minimum atomic E-state index is -0.572. The van der Waals surface area contributed by atoms with Gasteiger partial charge in [0, 0.05) is 31.4 Å². The molecule has 24 heavy (non-hydrogen) atoms. The molecule has 0 radical (unpaired) electrons. The maximum Gasteiger partial charge on any atom is 0.241 e. The average molecular weight is 380 g/mol. The van der Waals surface area contributed by atoms with Gasteiger partial charge in [-0.05, 0) is 18.8 Å². The Morgan fingerprint density at radius 3 is 2.50 bits per heavy atom. The first-order valence-corrected chi connectivity index (χ1v) is 7.79. The average Bonchev–Trinajstić information content (AvgIpc) is 3.06. The third kappa shape index (κ3) is 5.96. The van der Waals surface area contributed by atoms with Crippen LogP contribution in [0.4, 0.5) is 0 Å². The Morgan fingerprint density at radius 2 is 2.00 bits per heavy atom. The molecule has 1 aliphatic heterocycles. The first kappa shape index (κ1) is 22.7. The number of hydrogen-bond acceptors (Lipinski definition) is 4. The minimum absolute atomic E-state index is 0. The number of aromatic amines is 1. The zero-order valence-electron chi connectivity index (χ0n) is 14.0. The van der Waals surface area contributed by atoms with Gasteiger partial charge in [-0.15, -0.1) is 24.8 Å². The van der Waals surface area contributed by atoms with Crippen LogP contribution in [0.2, 0.25) is 0 Å². The number of hydrogen-bond donors (Lipinski definition) is 3. The lowest BCUT2D eigenvalue weighted by atomic mass is 9.96. The first-order valence-electron chi connectivity index (χ1n) is 7.79. The van der Waals surface area contributed by atoms with Gasteiger partial charge in [0.15, 0.2) is 0 Å². The van der Waals surface area contributed by atoms with Gasteiger partial charge in [-0.3, -0.25) is 9.59 Å². The van der Waals surface area contributed by atoms with Crippen molar-refractivity contribution in [1.29, 1.82) is 0 Å². The topological polar surface area (TPSA) is 104 Å². The molecule has 0 aliphatic carbocycles. The van der Waals surface area contributed by atoms with E-state index in [1.54, 1.807) is 11.1 Å². The Kier molecular flexibility index (Phi) is 9.96. The van der Waals surface area contributed by atoms with Crippen molar-refractivity contribution in [3.63, 3.8) is 0 Å². The Balaban J connectivity index is 0.00000264. The van der Waals surface area contributed by atoms with E-state index >= 15 is 0 Å². The molecule has 7 nitrogen and oxygen atoms in total. The van der Waals surface area contributed by atoms with Gasteiger partial charge in [0.1, 0.15) is 5.82 Å². The van der Waals surface area contributed by atoms with Crippen molar-refractivity contribution < 1.29 is 9.59 Å². The summed E-state index contributed by atoms with van der Waals surface area (Å²) in [6.45, 7) is 5.16. The van der Waals surface area contributed by atoms with Gasteiger partial charge in [0.25, 0.3) is 0 Å². The number of nitrogens with zero attached hydrogens (tertiary/aromatic N) is 2. The summed E-state index contributed by atoms with van der Waals surface area (Å²) in [6.07, 6.45) is 5.35. The Bertz CT molecular complexity index is 502. The number of imidazole rings is 1. The molecule has 0 bridgehead atoms. The number of halogens is 2. The molecule has 0 aromatic carbocycles. The van der Waals surface area contributed by atoms with E-state index in [1.165, 1.54) is 0 Å². The van der Waals surface area contributed by atoms with Gasteiger partial charge in [0.05, 0.1) is 12.6 Å². The fourth-order valence-electron chi connectivity index (χ4n) is 2.60. The van der Waals surface area contributed by atoms with Crippen molar-refractivity contribution in [3.8, 4) is 0 Å². The number of piperidine rings is 1. The third-order valence-electron chi connectivity index (χ3n) is 4.19. The van der Waals surface area contributed by atoms with E-state index in [-0.39, 0.29) is 49.1 Å². The highest BCUT2D eigenvalue weighted by Crippen LogP contribution is 2.25.